The van der Waals surface area contributed by atoms with Gasteiger partial charge < -0.3 is 15.6 Å². The van der Waals surface area contributed by atoms with E-state index in [0.29, 0.717) is 29.6 Å². The second kappa shape index (κ2) is 10.2. The summed E-state index contributed by atoms with van der Waals surface area (Å²) in [4.78, 5) is 29.3. The lowest BCUT2D eigenvalue weighted by Gasteiger charge is -2.36. The van der Waals surface area contributed by atoms with Gasteiger partial charge in [-0.3, -0.25) is 9.47 Å². The van der Waals surface area contributed by atoms with Crippen LogP contribution in [-0.4, -0.2) is 68.1 Å². The third kappa shape index (κ3) is 5.57. The van der Waals surface area contributed by atoms with Gasteiger partial charge in [-0.05, 0) is 39.7 Å². The van der Waals surface area contributed by atoms with Gasteiger partial charge in [-0.1, -0.05) is 19.8 Å². The summed E-state index contributed by atoms with van der Waals surface area (Å²) in [5.41, 5.74) is 7.16. The van der Waals surface area contributed by atoms with Crippen molar-refractivity contribution in [1.82, 2.24) is 29.3 Å². The first-order valence-corrected chi connectivity index (χ1v) is 11.2. The highest BCUT2D eigenvalue weighted by molar-refractivity contribution is 5.81. The number of rotatable bonds is 10. The van der Waals surface area contributed by atoms with Crippen LogP contribution in [0.5, 0.6) is 0 Å². The van der Waals surface area contributed by atoms with E-state index in [4.69, 9.17) is 5.73 Å². The van der Waals surface area contributed by atoms with Crippen LogP contribution in [0.1, 0.15) is 58.7 Å². The molecular weight excluding hydrogens is 366 g/mol. The van der Waals surface area contributed by atoms with E-state index in [-0.39, 0.29) is 5.69 Å². The molecule has 0 atom stereocenters. The molecule has 0 spiro atoms. The molecule has 162 valence electrons. The number of unbranched alkanes of at least 4 members (excludes halogenated alkanes) is 3. The average Bonchev–Trinajstić information content (AvgIpc) is 3.02. The Labute approximate surface area is 173 Å². The predicted octanol–water partition coefficient (Wildman–Crippen LogP) is 2.24. The van der Waals surface area contributed by atoms with Crippen LogP contribution in [0.3, 0.4) is 0 Å². The van der Waals surface area contributed by atoms with Crippen molar-refractivity contribution < 1.29 is 0 Å². The number of hydrogen-bond donors (Lipinski definition) is 2. The monoisotopic (exact) mass is 403 g/mol. The van der Waals surface area contributed by atoms with Crippen LogP contribution < -0.4 is 11.4 Å². The molecule has 3 rings (SSSR count). The van der Waals surface area contributed by atoms with Crippen molar-refractivity contribution in [2.75, 3.05) is 38.5 Å². The molecule has 0 radical (unpaired) electrons. The fraction of sp³-hybridized carbons (Fsp3) is 0.762. The summed E-state index contributed by atoms with van der Waals surface area (Å²) in [7, 11) is 0. The topological polar surface area (TPSA) is 96.1 Å². The zero-order valence-electron chi connectivity index (χ0n) is 18.3. The second-order valence-electron chi connectivity index (χ2n) is 8.44. The lowest BCUT2D eigenvalue weighted by Crippen LogP contribution is -2.48. The molecule has 3 N–H and O–H groups in total. The van der Waals surface area contributed by atoms with E-state index < -0.39 is 0 Å². The lowest BCUT2D eigenvalue weighted by atomic mass is 10.2. The molecule has 1 fully saturated rings. The fourth-order valence-corrected chi connectivity index (χ4v) is 4.06. The lowest BCUT2D eigenvalue weighted by molar-refractivity contribution is 0.107. The Morgan fingerprint density at radius 1 is 1.03 bits per heavy atom. The summed E-state index contributed by atoms with van der Waals surface area (Å²) in [6.07, 6.45) is 6.17. The smallest absolute Gasteiger partial charge is 0.327 e. The molecule has 8 heteroatoms. The van der Waals surface area contributed by atoms with E-state index in [1.807, 2.05) is 0 Å². The molecule has 1 saturated heterocycles. The van der Waals surface area contributed by atoms with Crippen molar-refractivity contribution in [3.63, 3.8) is 0 Å². The maximum atomic E-state index is 12.4. The maximum absolute atomic E-state index is 12.4. The molecule has 1 aliphatic rings. The highest BCUT2D eigenvalue weighted by atomic mass is 16.1. The summed E-state index contributed by atoms with van der Waals surface area (Å²) in [5.74, 6) is 1.11. The van der Waals surface area contributed by atoms with Gasteiger partial charge in [0.15, 0.2) is 11.5 Å². The van der Waals surface area contributed by atoms with Crippen molar-refractivity contribution in [3.05, 3.63) is 16.3 Å². The Kier molecular flexibility index (Phi) is 7.66. The number of nitrogen functional groups attached to an aromatic ring is 1. The molecule has 0 bridgehead atoms. The van der Waals surface area contributed by atoms with Gasteiger partial charge in [0.05, 0.1) is 0 Å². The van der Waals surface area contributed by atoms with Crippen LogP contribution in [0.2, 0.25) is 0 Å². The predicted molar refractivity (Wildman–Crippen MR) is 118 cm³/mol. The molecule has 29 heavy (non-hydrogen) atoms. The third-order valence-electron chi connectivity index (χ3n) is 5.94. The van der Waals surface area contributed by atoms with Crippen LogP contribution in [0.4, 0.5) is 5.82 Å². The standard InChI is InChI=1S/C21H37N7O/c1-4-5-6-9-17-23-19(22)18-20(24-17)28(21(29)25-18)11-8-7-10-26-12-14-27(15-13-26)16(2)3/h16H,4-15H2,1-3H3,(H,25,29)(H2,22,23,24). The quantitative estimate of drug-likeness (QED) is 0.591. The minimum Gasteiger partial charge on any atom is -0.382 e. The third-order valence-corrected chi connectivity index (χ3v) is 5.94. The minimum absolute atomic E-state index is 0.141. The Hall–Kier alpha value is -1.93. The van der Waals surface area contributed by atoms with E-state index in [1.165, 1.54) is 0 Å². The van der Waals surface area contributed by atoms with Crippen LogP contribution in [-0.2, 0) is 13.0 Å². The van der Waals surface area contributed by atoms with Gasteiger partial charge in [-0.15, -0.1) is 0 Å². The van der Waals surface area contributed by atoms with Crippen LogP contribution in [0.25, 0.3) is 11.2 Å². The number of aromatic nitrogens is 4. The van der Waals surface area contributed by atoms with E-state index >= 15 is 0 Å². The number of aryl methyl sites for hydroxylation is 2. The molecule has 0 aromatic carbocycles. The summed E-state index contributed by atoms with van der Waals surface area (Å²) in [5, 5.41) is 0. The molecule has 2 aromatic rings. The Bertz CT molecular complexity index is 833. The average molecular weight is 404 g/mol. The summed E-state index contributed by atoms with van der Waals surface area (Å²) in [6, 6.07) is 0.632. The van der Waals surface area contributed by atoms with Crippen molar-refractivity contribution in [2.45, 2.75) is 71.9 Å². The number of imidazole rings is 1. The SMILES string of the molecule is CCCCCc1nc(N)c2[nH]c(=O)n(CCCCN3CCN(C(C)C)CC3)c2n1. The zero-order chi connectivity index (χ0) is 20.8. The van der Waals surface area contributed by atoms with Crippen LogP contribution in [0, 0.1) is 0 Å². The van der Waals surface area contributed by atoms with Gasteiger partial charge in [-0.2, -0.15) is 0 Å². The largest absolute Gasteiger partial charge is 0.382 e. The highest BCUT2D eigenvalue weighted by Gasteiger charge is 2.18. The molecule has 0 aliphatic carbocycles. The molecule has 3 heterocycles. The van der Waals surface area contributed by atoms with Gasteiger partial charge in [0.1, 0.15) is 11.3 Å². The number of H-pyrrole nitrogens is 1. The molecule has 0 unspecified atom stereocenters. The first-order valence-electron chi connectivity index (χ1n) is 11.2. The summed E-state index contributed by atoms with van der Waals surface area (Å²) < 4.78 is 1.73. The number of nitrogens with zero attached hydrogens (tertiary/aromatic N) is 5. The normalized spacial score (nSPS) is 16.3. The minimum atomic E-state index is -0.141. The molecular formula is C21H37N7O. The molecule has 2 aromatic heterocycles. The number of fused-ring (bicyclic) bond motifs is 1. The van der Waals surface area contributed by atoms with Gasteiger partial charge >= 0.3 is 5.69 Å². The van der Waals surface area contributed by atoms with Gasteiger partial charge in [0, 0.05) is 45.2 Å². The Morgan fingerprint density at radius 3 is 2.45 bits per heavy atom. The Balaban J connectivity index is 1.55. The van der Waals surface area contributed by atoms with Gasteiger partial charge in [-0.25, -0.2) is 14.8 Å². The van der Waals surface area contributed by atoms with E-state index in [9.17, 15) is 4.79 Å². The first-order chi connectivity index (χ1) is 14.0. The molecule has 1 aliphatic heterocycles. The van der Waals surface area contributed by atoms with Crippen molar-refractivity contribution in [3.8, 4) is 0 Å². The fourth-order valence-electron chi connectivity index (χ4n) is 4.06. The summed E-state index contributed by atoms with van der Waals surface area (Å²) >= 11 is 0. The van der Waals surface area contributed by atoms with Crippen molar-refractivity contribution in [2.24, 2.45) is 0 Å². The highest BCUT2D eigenvalue weighted by Crippen LogP contribution is 2.16. The number of nitrogens with two attached hydrogens (primary N) is 1. The van der Waals surface area contributed by atoms with E-state index in [1.54, 1.807) is 4.57 Å². The molecule has 0 saturated carbocycles. The maximum Gasteiger partial charge on any atom is 0.327 e. The van der Waals surface area contributed by atoms with Crippen LogP contribution in [0.15, 0.2) is 4.79 Å². The van der Waals surface area contributed by atoms with E-state index in [2.05, 4.69) is 45.5 Å². The zero-order valence-corrected chi connectivity index (χ0v) is 18.3. The number of hydrogen-bond acceptors (Lipinski definition) is 6. The number of aromatic amines is 1. The number of nitrogens with one attached hydrogen (secondary N) is 1. The van der Waals surface area contributed by atoms with Gasteiger partial charge in [0.25, 0.3) is 0 Å². The number of anilines is 1. The number of piperazine rings is 1. The van der Waals surface area contributed by atoms with Crippen molar-refractivity contribution in [1.29, 1.82) is 0 Å². The molecule has 8 nitrogen and oxygen atoms in total. The second-order valence-corrected chi connectivity index (χ2v) is 8.44. The Morgan fingerprint density at radius 2 is 1.76 bits per heavy atom. The molecule has 0 amide bonds. The summed E-state index contributed by atoms with van der Waals surface area (Å²) in [6.45, 7) is 13.0. The van der Waals surface area contributed by atoms with Gasteiger partial charge in [0.2, 0.25) is 0 Å². The van der Waals surface area contributed by atoms with E-state index in [0.717, 1.165) is 77.1 Å². The first kappa shape index (κ1) is 21.8. The van der Waals surface area contributed by atoms with Crippen LogP contribution >= 0.6 is 0 Å². The van der Waals surface area contributed by atoms with Crippen molar-refractivity contribution >= 4 is 17.0 Å².